The van der Waals surface area contributed by atoms with Gasteiger partial charge in [-0.1, -0.05) is 32.0 Å². The van der Waals surface area contributed by atoms with E-state index in [1.54, 1.807) is 6.07 Å². The van der Waals surface area contributed by atoms with Crippen LogP contribution in [0.25, 0.3) is 0 Å². The predicted octanol–water partition coefficient (Wildman–Crippen LogP) is 2.51. The van der Waals surface area contributed by atoms with Gasteiger partial charge in [-0.05, 0) is 18.6 Å². The normalized spacial score (nSPS) is 8.23. The lowest BCUT2D eigenvalue weighted by molar-refractivity contribution is 0.259. The molecule has 0 bridgehead atoms. The molecule has 3 nitrogen and oxygen atoms in total. The van der Waals surface area contributed by atoms with Crippen LogP contribution in [-0.4, -0.2) is 6.03 Å². The number of rotatable bonds is 1. The van der Waals surface area contributed by atoms with Crippen LogP contribution in [0.4, 0.5) is 10.5 Å². The van der Waals surface area contributed by atoms with E-state index in [1.807, 2.05) is 39.0 Å². The molecule has 13 heavy (non-hydrogen) atoms. The van der Waals surface area contributed by atoms with Crippen molar-refractivity contribution >= 4 is 11.7 Å². The van der Waals surface area contributed by atoms with Gasteiger partial charge in [-0.2, -0.15) is 0 Å². The maximum atomic E-state index is 10.4. The molecular weight excluding hydrogens is 164 g/mol. The number of hydrogen-bond donors (Lipinski definition) is 2. The van der Waals surface area contributed by atoms with Crippen molar-refractivity contribution in [1.82, 2.24) is 0 Å². The molecule has 0 aliphatic carbocycles. The number of carbonyl (C=O) groups is 1. The second kappa shape index (κ2) is 6.06. The number of primary amides is 1. The Morgan fingerprint density at radius 3 is 2.31 bits per heavy atom. The summed E-state index contributed by atoms with van der Waals surface area (Å²) in [6.45, 7) is 5.91. The van der Waals surface area contributed by atoms with Crippen molar-refractivity contribution in [3.8, 4) is 0 Å². The van der Waals surface area contributed by atoms with Gasteiger partial charge in [0.1, 0.15) is 0 Å². The van der Waals surface area contributed by atoms with Gasteiger partial charge in [0.05, 0.1) is 0 Å². The van der Waals surface area contributed by atoms with E-state index in [9.17, 15) is 4.79 Å². The largest absolute Gasteiger partial charge is 0.351 e. The Hall–Kier alpha value is -1.51. The fourth-order valence-corrected chi connectivity index (χ4v) is 0.846. The summed E-state index contributed by atoms with van der Waals surface area (Å²) in [5, 5.41) is 2.51. The fraction of sp³-hybridized carbons (Fsp3) is 0.300. The molecule has 1 rings (SSSR count). The molecule has 1 aromatic carbocycles. The van der Waals surface area contributed by atoms with E-state index in [2.05, 4.69) is 5.32 Å². The molecule has 0 radical (unpaired) electrons. The zero-order valence-corrected chi connectivity index (χ0v) is 8.29. The lowest BCUT2D eigenvalue weighted by Gasteiger charge is -2.03. The number of carbonyl (C=O) groups excluding carboxylic acids is 1. The first-order chi connectivity index (χ1) is 6.20. The molecule has 3 N–H and O–H groups in total. The average molecular weight is 180 g/mol. The van der Waals surface area contributed by atoms with E-state index in [1.165, 1.54) is 0 Å². The highest BCUT2D eigenvalue weighted by molar-refractivity contribution is 5.88. The number of anilines is 1. The monoisotopic (exact) mass is 180 g/mol. The molecule has 0 saturated carbocycles. The first-order valence-corrected chi connectivity index (χ1v) is 4.32. The minimum atomic E-state index is -0.528. The molecule has 3 heteroatoms. The van der Waals surface area contributed by atoms with E-state index in [0.29, 0.717) is 0 Å². The van der Waals surface area contributed by atoms with Gasteiger partial charge in [0.15, 0.2) is 0 Å². The van der Waals surface area contributed by atoms with Gasteiger partial charge in [0.25, 0.3) is 0 Å². The third kappa shape index (κ3) is 4.15. The lowest BCUT2D eigenvalue weighted by atomic mass is 10.2. The molecule has 0 spiro atoms. The van der Waals surface area contributed by atoms with E-state index in [0.717, 1.165) is 11.3 Å². The second-order valence-corrected chi connectivity index (χ2v) is 2.30. The van der Waals surface area contributed by atoms with Crippen molar-refractivity contribution in [3.63, 3.8) is 0 Å². The van der Waals surface area contributed by atoms with Gasteiger partial charge in [-0.15, -0.1) is 0 Å². The Bertz CT molecular complexity index is 271. The van der Waals surface area contributed by atoms with E-state index in [-0.39, 0.29) is 0 Å². The number of para-hydroxylation sites is 1. The van der Waals surface area contributed by atoms with Crippen LogP contribution in [0.3, 0.4) is 0 Å². The molecule has 0 fully saturated rings. The SMILES string of the molecule is CC.Cc1ccccc1NC(N)=O. The molecule has 0 aromatic heterocycles. The smallest absolute Gasteiger partial charge is 0.316 e. The summed E-state index contributed by atoms with van der Waals surface area (Å²) in [6.07, 6.45) is 0. The van der Waals surface area contributed by atoms with Crippen LogP contribution in [0, 0.1) is 6.92 Å². The summed E-state index contributed by atoms with van der Waals surface area (Å²) in [4.78, 5) is 10.4. The number of aryl methyl sites for hydroxylation is 1. The standard InChI is InChI=1S/C8H10N2O.C2H6/c1-6-4-2-3-5-7(6)10-8(9)11;1-2/h2-5H,1H3,(H3,9,10,11);1-2H3. The molecule has 2 amide bonds. The van der Waals surface area contributed by atoms with Gasteiger partial charge >= 0.3 is 6.03 Å². The highest BCUT2D eigenvalue weighted by Crippen LogP contribution is 2.11. The van der Waals surface area contributed by atoms with E-state index < -0.39 is 6.03 Å². The zero-order chi connectivity index (χ0) is 10.3. The number of urea groups is 1. The summed E-state index contributed by atoms with van der Waals surface area (Å²) in [6, 6.07) is 6.94. The lowest BCUT2D eigenvalue weighted by Crippen LogP contribution is -2.19. The first kappa shape index (κ1) is 11.5. The van der Waals surface area contributed by atoms with Gasteiger partial charge in [0, 0.05) is 5.69 Å². The Morgan fingerprint density at radius 2 is 1.85 bits per heavy atom. The minimum absolute atomic E-state index is 0.528. The molecule has 0 saturated heterocycles. The first-order valence-electron chi connectivity index (χ1n) is 4.32. The topological polar surface area (TPSA) is 55.1 Å². The second-order valence-electron chi connectivity index (χ2n) is 2.30. The average Bonchev–Trinajstić information content (AvgIpc) is 2.12. The fourth-order valence-electron chi connectivity index (χ4n) is 0.846. The molecule has 0 atom stereocenters. The summed E-state index contributed by atoms with van der Waals surface area (Å²) < 4.78 is 0. The van der Waals surface area contributed by atoms with Crippen molar-refractivity contribution in [2.24, 2.45) is 5.73 Å². The van der Waals surface area contributed by atoms with Crippen molar-refractivity contribution in [3.05, 3.63) is 29.8 Å². The Labute approximate surface area is 78.9 Å². The van der Waals surface area contributed by atoms with Crippen molar-refractivity contribution in [2.75, 3.05) is 5.32 Å². The number of nitrogens with one attached hydrogen (secondary N) is 1. The van der Waals surface area contributed by atoms with E-state index in [4.69, 9.17) is 5.73 Å². The van der Waals surface area contributed by atoms with E-state index >= 15 is 0 Å². The summed E-state index contributed by atoms with van der Waals surface area (Å²) in [5.41, 5.74) is 6.71. The molecule has 72 valence electrons. The summed E-state index contributed by atoms with van der Waals surface area (Å²) >= 11 is 0. The van der Waals surface area contributed by atoms with Gasteiger partial charge < -0.3 is 11.1 Å². The van der Waals surface area contributed by atoms with Gasteiger partial charge in [0.2, 0.25) is 0 Å². The maximum absolute atomic E-state index is 10.4. The third-order valence-electron chi connectivity index (χ3n) is 1.40. The number of benzene rings is 1. The predicted molar refractivity (Wildman–Crippen MR) is 55.7 cm³/mol. The van der Waals surface area contributed by atoms with Gasteiger partial charge in [-0.25, -0.2) is 4.79 Å². The molecule has 0 heterocycles. The number of hydrogen-bond acceptors (Lipinski definition) is 1. The molecule has 0 unspecified atom stereocenters. The molecule has 0 aliphatic heterocycles. The van der Waals surface area contributed by atoms with Crippen LogP contribution in [0.2, 0.25) is 0 Å². The van der Waals surface area contributed by atoms with Crippen molar-refractivity contribution < 1.29 is 4.79 Å². The number of amides is 2. The van der Waals surface area contributed by atoms with Crippen molar-refractivity contribution in [1.29, 1.82) is 0 Å². The third-order valence-corrected chi connectivity index (χ3v) is 1.40. The quantitative estimate of drug-likeness (QED) is 0.685. The Morgan fingerprint density at radius 1 is 1.31 bits per heavy atom. The highest BCUT2D eigenvalue weighted by Gasteiger charge is 1.96. The van der Waals surface area contributed by atoms with Crippen LogP contribution in [0.15, 0.2) is 24.3 Å². The highest BCUT2D eigenvalue weighted by atomic mass is 16.2. The molecule has 1 aromatic rings. The number of nitrogens with two attached hydrogens (primary N) is 1. The molecule has 0 aliphatic rings. The minimum Gasteiger partial charge on any atom is -0.351 e. The van der Waals surface area contributed by atoms with Crippen LogP contribution < -0.4 is 11.1 Å². The van der Waals surface area contributed by atoms with Crippen LogP contribution >= 0.6 is 0 Å². The van der Waals surface area contributed by atoms with Crippen LogP contribution in [0.1, 0.15) is 19.4 Å². The van der Waals surface area contributed by atoms with Gasteiger partial charge in [-0.3, -0.25) is 0 Å². The van der Waals surface area contributed by atoms with Crippen LogP contribution in [0.5, 0.6) is 0 Å². The molecular formula is C10H16N2O. The summed E-state index contributed by atoms with van der Waals surface area (Å²) in [7, 11) is 0. The Kier molecular flexibility index (Phi) is 5.35. The maximum Gasteiger partial charge on any atom is 0.316 e. The van der Waals surface area contributed by atoms with Crippen LogP contribution in [-0.2, 0) is 0 Å². The van der Waals surface area contributed by atoms with Crippen molar-refractivity contribution in [2.45, 2.75) is 20.8 Å². The Balaban J connectivity index is 0.000000671. The summed E-state index contributed by atoms with van der Waals surface area (Å²) in [5.74, 6) is 0. The zero-order valence-electron chi connectivity index (χ0n) is 8.29.